The minimum absolute atomic E-state index is 0.0654. The second-order valence-electron chi connectivity index (χ2n) is 13.1. The Balaban J connectivity index is 0.000000225. The van der Waals surface area contributed by atoms with Gasteiger partial charge in [0.2, 0.25) is 6.43 Å². The molecule has 48 heavy (non-hydrogen) atoms. The normalized spacial score (nSPS) is 38.1. The molecule has 5 rings (SSSR count). The van der Waals surface area contributed by atoms with E-state index in [9.17, 15) is 39.4 Å². The van der Waals surface area contributed by atoms with E-state index in [4.69, 9.17) is 20.4 Å². The van der Waals surface area contributed by atoms with Crippen molar-refractivity contribution in [2.24, 2.45) is 23.7 Å². The zero-order valence-electron chi connectivity index (χ0n) is 27.6. The van der Waals surface area contributed by atoms with Crippen molar-refractivity contribution >= 4 is 0 Å². The first kappa shape index (κ1) is 42.7. The van der Waals surface area contributed by atoms with Crippen molar-refractivity contribution in [1.82, 2.24) is 21.3 Å². The molecule has 0 aliphatic carbocycles. The minimum atomic E-state index is -2.58. The number of alkyl halides is 2. The first-order valence-corrected chi connectivity index (χ1v) is 16.6. The van der Waals surface area contributed by atoms with Gasteiger partial charge in [-0.3, -0.25) is 0 Å². The zero-order valence-corrected chi connectivity index (χ0v) is 27.6. The average molecular weight is 697 g/mol. The van der Waals surface area contributed by atoms with Crippen LogP contribution in [-0.2, 0) is 6.42 Å². The van der Waals surface area contributed by atoms with Crippen LogP contribution in [0.3, 0.4) is 0 Å². The van der Waals surface area contributed by atoms with Gasteiger partial charge in [-0.05, 0) is 25.8 Å². The third-order valence-corrected chi connectivity index (χ3v) is 9.24. The number of benzene rings is 1. The Bertz CT molecular complexity index is 920. The minimum Gasteiger partial charge on any atom is -0.393 e. The van der Waals surface area contributed by atoms with E-state index in [-0.39, 0.29) is 30.8 Å². The first-order chi connectivity index (χ1) is 22.6. The number of piperidine rings is 4. The highest BCUT2D eigenvalue weighted by Crippen LogP contribution is 2.20. The summed E-state index contributed by atoms with van der Waals surface area (Å²) in [6.07, 6.45) is -9.60. The van der Waals surface area contributed by atoms with Crippen LogP contribution < -0.4 is 21.3 Å². The highest BCUT2D eigenvalue weighted by molar-refractivity contribution is 5.16. The van der Waals surface area contributed by atoms with Gasteiger partial charge in [-0.2, -0.15) is 0 Å². The quantitative estimate of drug-likeness (QED) is 0.140. The summed E-state index contributed by atoms with van der Waals surface area (Å²) in [4.78, 5) is 0. The van der Waals surface area contributed by atoms with Crippen LogP contribution in [0.1, 0.15) is 19.4 Å². The third-order valence-electron chi connectivity index (χ3n) is 9.24. The molecule has 4 aliphatic rings. The lowest BCUT2D eigenvalue weighted by Gasteiger charge is -2.34. The lowest BCUT2D eigenvalue weighted by molar-refractivity contribution is -0.0841. The van der Waals surface area contributed by atoms with E-state index in [2.05, 4.69) is 21.3 Å². The molecule has 0 radical (unpaired) electrons. The Kier molecular flexibility index (Phi) is 19.3. The van der Waals surface area contributed by atoms with E-state index < -0.39 is 73.4 Å². The largest absolute Gasteiger partial charge is 0.393 e. The van der Waals surface area contributed by atoms with Crippen molar-refractivity contribution in [3.8, 4) is 0 Å². The molecule has 1 aromatic carbocycles. The van der Waals surface area contributed by atoms with Gasteiger partial charge in [0.05, 0.1) is 67.0 Å². The number of aliphatic hydroxyl groups is 10. The maximum atomic E-state index is 12.0. The SMILES string of the molecule is CC(O)[C@H]1CNC[C@@H](O)[C@@H]1O.CC(O)[C@H]1CNC[C@@H](O)[C@@H]1O.O[C@@H]1[C@@H](Cc2ccccc2)CNC[C@H]1O.O[C@H]1[C@H](O)CNC[C@@H]1C(F)F. The van der Waals surface area contributed by atoms with Crippen LogP contribution >= 0.6 is 0 Å². The summed E-state index contributed by atoms with van der Waals surface area (Å²) < 4.78 is 24.1. The summed E-state index contributed by atoms with van der Waals surface area (Å²) in [6, 6.07) is 10.1. The summed E-state index contributed by atoms with van der Waals surface area (Å²) in [5.41, 5.74) is 1.21. The Hall–Kier alpha value is -1.48. The van der Waals surface area contributed by atoms with E-state index in [1.807, 2.05) is 30.3 Å². The van der Waals surface area contributed by atoms with Gasteiger partial charge in [0, 0.05) is 70.1 Å². The van der Waals surface area contributed by atoms with Crippen LogP contribution in [0.4, 0.5) is 8.78 Å². The Morgan fingerprint density at radius 1 is 0.542 bits per heavy atom. The summed E-state index contributed by atoms with van der Waals surface area (Å²) >= 11 is 0. The number of hydrogen-bond donors (Lipinski definition) is 14. The second-order valence-corrected chi connectivity index (χ2v) is 13.1. The number of β-amino-alcohol motifs (C(OH)–C–C–N with tert-alkyl or cyclic N) is 4. The Labute approximate surface area is 280 Å². The van der Waals surface area contributed by atoms with Crippen molar-refractivity contribution < 1.29 is 59.8 Å². The third kappa shape index (κ3) is 13.7. The molecule has 14 atom stereocenters. The molecule has 0 amide bonds. The smallest absolute Gasteiger partial charge is 0.245 e. The number of rotatable bonds is 5. The van der Waals surface area contributed by atoms with Crippen molar-refractivity contribution in [3.63, 3.8) is 0 Å². The molecule has 1 aromatic rings. The summed E-state index contributed by atoms with van der Waals surface area (Å²) in [5, 5.41) is 104. The van der Waals surface area contributed by atoms with Gasteiger partial charge in [0.15, 0.2) is 0 Å². The van der Waals surface area contributed by atoms with Crippen LogP contribution in [0.5, 0.6) is 0 Å². The molecule has 280 valence electrons. The van der Waals surface area contributed by atoms with E-state index in [0.29, 0.717) is 32.7 Å². The van der Waals surface area contributed by atoms with E-state index >= 15 is 0 Å². The molecular formula is C32H58F2N4O10. The van der Waals surface area contributed by atoms with Crippen LogP contribution in [0.25, 0.3) is 0 Å². The maximum Gasteiger partial charge on any atom is 0.245 e. The summed E-state index contributed by atoms with van der Waals surface area (Å²) in [5.74, 6) is -1.53. The van der Waals surface area contributed by atoms with Crippen molar-refractivity contribution in [3.05, 3.63) is 35.9 Å². The van der Waals surface area contributed by atoms with Gasteiger partial charge in [-0.15, -0.1) is 0 Å². The molecule has 4 aliphatic heterocycles. The molecule has 0 saturated carbocycles. The predicted molar refractivity (Wildman–Crippen MR) is 173 cm³/mol. The molecular weight excluding hydrogens is 638 g/mol. The van der Waals surface area contributed by atoms with Gasteiger partial charge in [0.25, 0.3) is 0 Å². The van der Waals surface area contributed by atoms with Gasteiger partial charge in [-0.25, -0.2) is 8.78 Å². The monoisotopic (exact) mass is 696 g/mol. The van der Waals surface area contributed by atoms with Crippen molar-refractivity contribution in [2.75, 3.05) is 52.4 Å². The number of hydrogen-bond acceptors (Lipinski definition) is 14. The Morgan fingerprint density at radius 3 is 1.25 bits per heavy atom. The topological polar surface area (TPSA) is 250 Å². The highest BCUT2D eigenvalue weighted by Gasteiger charge is 2.36. The lowest BCUT2D eigenvalue weighted by atomic mass is 9.88. The average Bonchev–Trinajstić information content (AvgIpc) is 3.04. The Morgan fingerprint density at radius 2 is 0.896 bits per heavy atom. The molecule has 2 unspecified atom stereocenters. The number of aliphatic hydroxyl groups excluding tert-OH is 10. The van der Waals surface area contributed by atoms with Gasteiger partial charge in [0.1, 0.15) is 0 Å². The second kappa shape index (κ2) is 21.7. The maximum absolute atomic E-state index is 12.0. The number of halogens is 2. The van der Waals surface area contributed by atoms with E-state index in [1.54, 1.807) is 13.8 Å². The van der Waals surface area contributed by atoms with Gasteiger partial charge in [-0.1, -0.05) is 30.3 Å². The zero-order chi connectivity index (χ0) is 36.0. The fraction of sp³-hybridized carbons (Fsp3) is 0.812. The lowest BCUT2D eigenvalue weighted by Crippen LogP contribution is -2.53. The molecule has 14 nitrogen and oxygen atoms in total. The molecule has 4 fully saturated rings. The van der Waals surface area contributed by atoms with Crippen molar-refractivity contribution in [1.29, 1.82) is 0 Å². The first-order valence-electron chi connectivity index (χ1n) is 16.6. The molecule has 0 spiro atoms. The summed E-state index contributed by atoms with van der Waals surface area (Å²) in [6.45, 7) is 6.70. The molecule has 4 saturated heterocycles. The van der Waals surface area contributed by atoms with E-state index in [1.165, 1.54) is 5.56 Å². The van der Waals surface area contributed by atoms with Crippen LogP contribution in [0.15, 0.2) is 30.3 Å². The fourth-order valence-corrected chi connectivity index (χ4v) is 6.01. The van der Waals surface area contributed by atoms with Crippen molar-refractivity contribution in [2.45, 2.75) is 87.7 Å². The van der Waals surface area contributed by atoms with Crippen LogP contribution in [0.2, 0.25) is 0 Å². The van der Waals surface area contributed by atoms with E-state index in [0.717, 1.165) is 13.0 Å². The molecule has 14 N–H and O–H groups in total. The van der Waals surface area contributed by atoms with Gasteiger partial charge < -0.3 is 72.3 Å². The highest BCUT2D eigenvalue weighted by atomic mass is 19.3. The fourth-order valence-electron chi connectivity index (χ4n) is 6.01. The van der Waals surface area contributed by atoms with Gasteiger partial charge >= 0.3 is 0 Å². The molecule has 4 heterocycles. The molecule has 16 heteroatoms. The van der Waals surface area contributed by atoms with Crippen LogP contribution in [0, 0.1) is 23.7 Å². The standard InChI is InChI=1S/C12H17NO2.2C7H15NO3.C6H11F2NO2/c14-11-8-13-7-10(12(11)15)6-9-4-2-1-3-5-9;2*1-4(9)5-2-8-3-6(10)7(5)11;7-6(8)3-1-9-2-4(10)5(3)11/h1-5,10-15H,6-8H2;2*4-11H,2-3H2,1H3;3-6,9-11H,1-2H2/t10-,11+,12+;2*4?,5-,6-,7-;3-,4+,5+/m0110/s1. The summed E-state index contributed by atoms with van der Waals surface area (Å²) in [7, 11) is 0. The van der Waals surface area contributed by atoms with Crippen LogP contribution in [-0.4, -0.2) is 171 Å². The predicted octanol–water partition coefficient (Wildman–Crippen LogP) is -4.02. The molecule has 0 bridgehead atoms. The number of nitrogens with one attached hydrogen (secondary N) is 4. The molecule has 0 aromatic heterocycles.